The molecule has 1 unspecified atom stereocenters. The van der Waals surface area contributed by atoms with Crippen molar-refractivity contribution in [1.29, 1.82) is 0 Å². The lowest BCUT2D eigenvalue weighted by Crippen LogP contribution is -2.21. The fourth-order valence-electron chi connectivity index (χ4n) is 0.296. The van der Waals surface area contributed by atoms with Crippen molar-refractivity contribution in [3.63, 3.8) is 0 Å². The van der Waals surface area contributed by atoms with Gasteiger partial charge in [-0.2, -0.15) is 21.0 Å². The van der Waals surface area contributed by atoms with Gasteiger partial charge >= 0.3 is 0 Å². The van der Waals surface area contributed by atoms with Crippen LogP contribution in [0, 0.1) is 0 Å². The Labute approximate surface area is 59.0 Å². The first-order valence-corrected chi connectivity index (χ1v) is 4.44. The number of thiol groups is 1. The summed E-state index contributed by atoms with van der Waals surface area (Å²) in [7, 11) is -4.03. The maximum atomic E-state index is 9.96. The van der Waals surface area contributed by atoms with Crippen LogP contribution in [0.3, 0.4) is 0 Å². The van der Waals surface area contributed by atoms with Crippen LogP contribution in [0.2, 0.25) is 0 Å². The zero-order chi connectivity index (χ0) is 7.49. The molecule has 0 spiro atoms. The molecule has 6 heteroatoms. The van der Waals surface area contributed by atoms with Crippen LogP contribution < -0.4 is 0 Å². The van der Waals surface area contributed by atoms with Gasteiger partial charge in [0.1, 0.15) is 5.75 Å². The molecule has 0 aliphatic heterocycles. The molecule has 0 aliphatic rings. The van der Waals surface area contributed by atoms with Crippen molar-refractivity contribution >= 4 is 22.7 Å². The van der Waals surface area contributed by atoms with Crippen LogP contribution in [0.5, 0.6) is 0 Å². The number of aliphatic hydroxyl groups excluding tert-OH is 1. The van der Waals surface area contributed by atoms with Crippen molar-refractivity contribution in [2.24, 2.45) is 0 Å². The molecular formula is C3H8O4S2. The monoisotopic (exact) mass is 172 g/mol. The zero-order valence-corrected chi connectivity index (χ0v) is 6.27. The molecule has 0 saturated heterocycles. The molecule has 2 N–H and O–H groups in total. The topological polar surface area (TPSA) is 74.6 Å². The van der Waals surface area contributed by atoms with Gasteiger partial charge in [-0.1, -0.05) is 0 Å². The summed E-state index contributed by atoms with van der Waals surface area (Å²) in [4.78, 5) is 0. The number of rotatable bonds is 3. The van der Waals surface area contributed by atoms with Gasteiger partial charge < -0.3 is 5.11 Å². The quantitative estimate of drug-likeness (QED) is 0.383. The predicted molar refractivity (Wildman–Crippen MR) is 36.3 cm³/mol. The predicted octanol–water partition coefficient (Wildman–Crippen LogP) is -0.835. The SMILES string of the molecule is O=S(=O)(O)CC(O)CS. The Morgan fingerprint density at radius 2 is 2.00 bits per heavy atom. The molecule has 0 aromatic rings. The van der Waals surface area contributed by atoms with Gasteiger partial charge in [-0.15, -0.1) is 0 Å². The van der Waals surface area contributed by atoms with E-state index in [1.54, 1.807) is 0 Å². The molecular weight excluding hydrogens is 164 g/mol. The van der Waals surface area contributed by atoms with Gasteiger partial charge in [0.15, 0.2) is 0 Å². The highest BCUT2D eigenvalue weighted by Crippen LogP contribution is 1.91. The molecule has 0 fully saturated rings. The van der Waals surface area contributed by atoms with E-state index in [-0.39, 0.29) is 5.75 Å². The molecule has 0 aliphatic carbocycles. The number of aliphatic hydroxyl groups is 1. The van der Waals surface area contributed by atoms with Gasteiger partial charge in [-0.25, -0.2) is 0 Å². The Kier molecular flexibility index (Phi) is 3.49. The van der Waals surface area contributed by atoms with Crippen LogP contribution >= 0.6 is 12.6 Å². The lowest BCUT2D eigenvalue weighted by Gasteiger charge is -2.01. The van der Waals surface area contributed by atoms with Crippen LogP contribution in [-0.4, -0.2) is 35.7 Å². The smallest absolute Gasteiger partial charge is 0.267 e. The molecule has 0 amide bonds. The summed E-state index contributed by atoms with van der Waals surface area (Å²) in [6.07, 6.45) is -1.08. The van der Waals surface area contributed by atoms with Gasteiger partial charge in [0.05, 0.1) is 6.10 Å². The van der Waals surface area contributed by atoms with Crippen LogP contribution in [0.25, 0.3) is 0 Å². The van der Waals surface area contributed by atoms with E-state index in [1.807, 2.05) is 0 Å². The first-order chi connectivity index (χ1) is 3.95. The van der Waals surface area contributed by atoms with E-state index in [9.17, 15) is 8.42 Å². The Balaban J connectivity index is 3.75. The lowest BCUT2D eigenvalue weighted by atomic mass is 10.5. The third-order valence-electron chi connectivity index (χ3n) is 0.614. The minimum atomic E-state index is -4.03. The molecule has 0 heterocycles. The molecule has 0 radical (unpaired) electrons. The van der Waals surface area contributed by atoms with Gasteiger partial charge in [0.25, 0.3) is 10.1 Å². The third-order valence-corrected chi connectivity index (χ3v) is 1.84. The Morgan fingerprint density at radius 1 is 1.56 bits per heavy atom. The lowest BCUT2D eigenvalue weighted by molar-refractivity contribution is 0.220. The van der Waals surface area contributed by atoms with E-state index in [1.165, 1.54) is 0 Å². The molecule has 0 saturated carbocycles. The Bertz CT molecular complexity index is 161. The van der Waals surface area contributed by atoms with Crippen LogP contribution in [0.1, 0.15) is 0 Å². The van der Waals surface area contributed by atoms with E-state index >= 15 is 0 Å². The number of hydrogen-bond donors (Lipinski definition) is 3. The first kappa shape index (κ1) is 9.22. The summed E-state index contributed by atoms with van der Waals surface area (Å²) in [5, 5.41) is 8.58. The van der Waals surface area contributed by atoms with Gasteiger partial charge in [0, 0.05) is 5.75 Å². The molecule has 0 bridgehead atoms. The second kappa shape index (κ2) is 3.40. The number of hydrogen-bond acceptors (Lipinski definition) is 4. The summed E-state index contributed by atoms with van der Waals surface area (Å²) in [6, 6.07) is 0. The average molecular weight is 172 g/mol. The van der Waals surface area contributed by atoms with Crippen molar-refractivity contribution < 1.29 is 18.1 Å². The van der Waals surface area contributed by atoms with Crippen molar-refractivity contribution in [2.75, 3.05) is 11.5 Å². The first-order valence-electron chi connectivity index (χ1n) is 2.20. The van der Waals surface area contributed by atoms with Crippen molar-refractivity contribution in [2.45, 2.75) is 6.10 Å². The molecule has 0 aromatic carbocycles. The van der Waals surface area contributed by atoms with E-state index in [0.29, 0.717) is 0 Å². The van der Waals surface area contributed by atoms with Crippen molar-refractivity contribution in [3.05, 3.63) is 0 Å². The van der Waals surface area contributed by atoms with E-state index in [4.69, 9.17) is 9.66 Å². The maximum Gasteiger partial charge on any atom is 0.267 e. The molecule has 0 rings (SSSR count). The summed E-state index contributed by atoms with van der Waals surface area (Å²) in [5.41, 5.74) is 0. The van der Waals surface area contributed by atoms with E-state index in [0.717, 1.165) is 0 Å². The molecule has 4 nitrogen and oxygen atoms in total. The Morgan fingerprint density at radius 3 is 2.11 bits per heavy atom. The second-order valence-electron chi connectivity index (χ2n) is 1.58. The largest absolute Gasteiger partial charge is 0.391 e. The third kappa shape index (κ3) is 6.10. The summed E-state index contributed by atoms with van der Waals surface area (Å²) >= 11 is 3.60. The summed E-state index contributed by atoms with van der Waals surface area (Å²) in [6.45, 7) is 0. The molecule has 9 heavy (non-hydrogen) atoms. The highest BCUT2D eigenvalue weighted by molar-refractivity contribution is 7.86. The minimum absolute atomic E-state index is 0.0276. The minimum Gasteiger partial charge on any atom is -0.391 e. The fourth-order valence-corrected chi connectivity index (χ4v) is 1.20. The zero-order valence-electron chi connectivity index (χ0n) is 4.56. The standard InChI is InChI=1S/C3H8O4S2/c4-3(1-8)2-9(5,6)7/h3-4,8H,1-2H2,(H,5,6,7). The Hall–Kier alpha value is 0.220. The molecule has 56 valence electrons. The summed E-state index contributed by atoms with van der Waals surface area (Å²) in [5.74, 6) is -0.615. The highest BCUT2D eigenvalue weighted by atomic mass is 32.2. The van der Waals surface area contributed by atoms with Gasteiger partial charge in [-0.05, 0) is 0 Å². The maximum absolute atomic E-state index is 9.96. The van der Waals surface area contributed by atoms with Crippen LogP contribution in [0.15, 0.2) is 0 Å². The van der Waals surface area contributed by atoms with E-state index in [2.05, 4.69) is 12.6 Å². The highest BCUT2D eigenvalue weighted by Gasteiger charge is 2.11. The molecule has 0 aromatic heterocycles. The fraction of sp³-hybridized carbons (Fsp3) is 1.00. The normalized spacial score (nSPS) is 15.4. The summed E-state index contributed by atoms with van der Waals surface area (Å²) < 4.78 is 28.0. The van der Waals surface area contributed by atoms with Gasteiger partial charge in [-0.3, -0.25) is 4.55 Å². The van der Waals surface area contributed by atoms with Crippen molar-refractivity contribution in [3.8, 4) is 0 Å². The average Bonchev–Trinajstić information content (AvgIpc) is 1.62. The second-order valence-corrected chi connectivity index (χ2v) is 3.45. The van der Waals surface area contributed by atoms with Crippen LogP contribution in [-0.2, 0) is 10.1 Å². The van der Waals surface area contributed by atoms with Crippen LogP contribution in [0.4, 0.5) is 0 Å². The van der Waals surface area contributed by atoms with Crippen molar-refractivity contribution in [1.82, 2.24) is 0 Å². The van der Waals surface area contributed by atoms with Gasteiger partial charge in [0.2, 0.25) is 0 Å². The van der Waals surface area contributed by atoms with E-state index < -0.39 is 22.0 Å². The molecule has 1 atom stereocenters.